The van der Waals surface area contributed by atoms with Crippen molar-refractivity contribution >= 4 is 6.16 Å². The molecule has 0 saturated carbocycles. The molecular weight excluding hydrogens is 292 g/mol. The summed E-state index contributed by atoms with van der Waals surface area (Å²) in [6, 6.07) is 0. The zero-order valence-corrected chi connectivity index (χ0v) is 13.2. The van der Waals surface area contributed by atoms with Gasteiger partial charge >= 0.3 is 6.16 Å². The van der Waals surface area contributed by atoms with E-state index in [-0.39, 0.29) is 51.5 Å². The topological polar surface area (TPSA) is 116 Å². The minimum Gasteiger partial charge on any atom is -0.434 e. The van der Waals surface area contributed by atoms with Crippen LogP contribution < -0.4 is 0 Å². The fraction of sp³-hybridized carbons (Fsp3) is 0.933. The zero-order valence-electron chi connectivity index (χ0n) is 13.2. The van der Waals surface area contributed by atoms with E-state index < -0.39 is 6.16 Å². The van der Waals surface area contributed by atoms with E-state index in [1.54, 1.807) is 0 Å². The Balaban J connectivity index is 3.81. The smallest absolute Gasteiger partial charge is 0.434 e. The standard InChI is InChI=1S/C15H30O7/c16-7-3-1-5-13(9-18)11-21-15(20)22-12-14(10-19)6-2-4-8-17/h13-14,16-19H,1-12H2. The normalized spacial score (nSPS) is 13.6. The Hall–Kier alpha value is -0.890. The van der Waals surface area contributed by atoms with Crippen LogP contribution in [0.4, 0.5) is 4.79 Å². The first-order chi connectivity index (χ1) is 10.7. The summed E-state index contributed by atoms with van der Waals surface area (Å²) >= 11 is 0. The van der Waals surface area contributed by atoms with Crippen LogP contribution in [0, 0.1) is 11.8 Å². The SMILES string of the molecule is O=C(OCC(CO)CCCCO)OCC(CO)CCCCO. The van der Waals surface area contributed by atoms with Gasteiger partial charge in [0.05, 0.1) is 13.2 Å². The molecule has 7 nitrogen and oxygen atoms in total. The number of aliphatic hydroxyl groups is 4. The van der Waals surface area contributed by atoms with Crippen LogP contribution in [0.3, 0.4) is 0 Å². The Morgan fingerprint density at radius 2 is 1.14 bits per heavy atom. The summed E-state index contributed by atoms with van der Waals surface area (Å²) in [4.78, 5) is 11.5. The van der Waals surface area contributed by atoms with Gasteiger partial charge in [0.1, 0.15) is 0 Å². The second kappa shape index (κ2) is 15.0. The lowest BCUT2D eigenvalue weighted by Crippen LogP contribution is -2.21. The maximum absolute atomic E-state index is 11.5. The molecule has 22 heavy (non-hydrogen) atoms. The lowest BCUT2D eigenvalue weighted by atomic mass is 10.0. The molecule has 0 spiro atoms. The number of hydrogen-bond acceptors (Lipinski definition) is 7. The van der Waals surface area contributed by atoms with Gasteiger partial charge < -0.3 is 29.9 Å². The molecule has 0 fully saturated rings. The van der Waals surface area contributed by atoms with Gasteiger partial charge in [-0.2, -0.15) is 0 Å². The summed E-state index contributed by atoms with van der Waals surface area (Å²) < 4.78 is 9.88. The third-order valence-electron chi connectivity index (χ3n) is 3.43. The molecule has 7 heteroatoms. The van der Waals surface area contributed by atoms with E-state index in [2.05, 4.69) is 0 Å². The van der Waals surface area contributed by atoms with Crippen LogP contribution in [0.15, 0.2) is 0 Å². The van der Waals surface area contributed by atoms with Crippen LogP contribution in [-0.2, 0) is 9.47 Å². The van der Waals surface area contributed by atoms with E-state index in [0.717, 1.165) is 12.8 Å². The number of hydrogen-bond donors (Lipinski definition) is 4. The van der Waals surface area contributed by atoms with E-state index in [1.807, 2.05) is 0 Å². The second-order valence-corrected chi connectivity index (χ2v) is 5.41. The summed E-state index contributed by atoms with van der Waals surface area (Å²) in [6.45, 7) is 0.210. The molecule has 0 aromatic carbocycles. The molecule has 4 N–H and O–H groups in total. The van der Waals surface area contributed by atoms with Crippen LogP contribution >= 0.6 is 0 Å². The lowest BCUT2D eigenvalue weighted by molar-refractivity contribution is 0.0190. The van der Waals surface area contributed by atoms with Crippen molar-refractivity contribution in [1.82, 2.24) is 0 Å². The maximum Gasteiger partial charge on any atom is 0.508 e. The average Bonchev–Trinajstić information content (AvgIpc) is 2.54. The predicted molar refractivity (Wildman–Crippen MR) is 80.3 cm³/mol. The maximum atomic E-state index is 11.5. The molecule has 0 aromatic rings. The van der Waals surface area contributed by atoms with E-state index in [0.29, 0.717) is 25.7 Å². The number of carbonyl (C=O) groups excluding carboxylic acids is 1. The fourth-order valence-corrected chi connectivity index (χ4v) is 1.96. The summed E-state index contributed by atoms with van der Waals surface area (Å²) in [6.07, 6.45) is 3.38. The number of rotatable bonds is 14. The molecule has 0 aliphatic heterocycles. The molecule has 0 aliphatic carbocycles. The highest BCUT2D eigenvalue weighted by atomic mass is 16.7. The first-order valence-electron chi connectivity index (χ1n) is 7.90. The van der Waals surface area contributed by atoms with Crippen LogP contribution in [-0.4, -0.2) is 66.2 Å². The van der Waals surface area contributed by atoms with Gasteiger partial charge in [-0.25, -0.2) is 4.79 Å². The minimum atomic E-state index is -0.804. The molecule has 0 saturated heterocycles. The van der Waals surface area contributed by atoms with Crippen molar-refractivity contribution in [2.45, 2.75) is 38.5 Å². The molecule has 0 rings (SSSR count). The third-order valence-corrected chi connectivity index (χ3v) is 3.43. The Bertz CT molecular complexity index is 236. The van der Waals surface area contributed by atoms with Crippen molar-refractivity contribution in [2.75, 3.05) is 39.6 Å². The Kier molecular flexibility index (Phi) is 14.4. The largest absolute Gasteiger partial charge is 0.508 e. The highest BCUT2D eigenvalue weighted by Crippen LogP contribution is 2.11. The van der Waals surface area contributed by atoms with E-state index in [9.17, 15) is 4.79 Å². The van der Waals surface area contributed by atoms with Crippen LogP contribution in [0.25, 0.3) is 0 Å². The van der Waals surface area contributed by atoms with Crippen LogP contribution in [0.5, 0.6) is 0 Å². The Morgan fingerprint density at radius 3 is 1.45 bits per heavy atom. The molecule has 132 valence electrons. The van der Waals surface area contributed by atoms with Gasteiger partial charge in [-0.05, 0) is 25.7 Å². The zero-order chi connectivity index (χ0) is 16.6. The van der Waals surface area contributed by atoms with E-state index in [4.69, 9.17) is 29.9 Å². The molecule has 0 heterocycles. The molecular formula is C15H30O7. The van der Waals surface area contributed by atoms with Crippen molar-refractivity contribution in [2.24, 2.45) is 11.8 Å². The average molecular weight is 322 g/mol. The van der Waals surface area contributed by atoms with Crippen molar-refractivity contribution in [3.05, 3.63) is 0 Å². The van der Waals surface area contributed by atoms with Gasteiger partial charge in [-0.1, -0.05) is 12.8 Å². The number of carbonyl (C=O) groups is 1. The second-order valence-electron chi connectivity index (χ2n) is 5.41. The van der Waals surface area contributed by atoms with Gasteiger partial charge in [0.15, 0.2) is 0 Å². The molecule has 2 unspecified atom stereocenters. The summed E-state index contributed by atoms with van der Waals surface area (Å²) in [5.41, 5.74) is 0. The van der Waals surface area contributed by atoms with Crippen LogP contribution in [0.2, 0.25) is 0 Å². The van der Waals surface area contributed by atoms with Gasteiger partial charge in [-0.15, -0.1) is 0 Å². The van der Waals surface area contributed by atoms with Gasteiger partial charge in [-0.3, -0.25) is 0 Å². The molecule has 0 aliphatic rings. The Morgan fingerprint density at radius 1 is 0.727 bits per heavy atom. The molecule has 2 atom stereocenters. The molecule has 0 bridgehead atoms. The highest BCUT2D eigenvalue weighted by Gasteiger charge is 2.14. The number of aliphatic hydroxyl groups excluding tert-OH is 4. The third kappa shape index (κ3) is 11.7. The summed E-state index contributed by atoms with van der Waals surface area (Å²) in [7, 11) is 0. The number of unbranched alkanes of at least 4 members (excludes halogenated alkanes) is 2. The van der Waals surface area contributed by atoms with E-state index in [1.165, 1.54) is 0 Å². The lowest BCUT2D eigenvalue weighted by Gasteiger charge is -2.16. The van der Waals surface area contributed by atoms with Crippen molar-refractivity contribution in [3.8, 4) is 0 Å². The minimum absolute atomic E-state index is 0.0784. The predicted octanol–water partition coefficient (Wildman–Crippen LogP) is 0.682. The summed E-state index contributed by atoms with van der Waals surface area (Å²) in [5, 5.41) is 35.7. The van der Waals surface area contributed by atoms with Crippen molar-refractivity contribution in [1.29, 1.82) is 0 Å². The van der Waals surface area contributed by atoms with Gasteiger partial charge in [0.2, 0.25) is 0 Å². The first kappa shape index (κ1) is 21.1. The van der Waals surface area contributed by atoms with Crippen LogP contribution in [0.1, 0.15) is 38.5 Å². The fourth-order valence-electron chi connectivity index (χ4n) is 1.96. The highest BCUT2D eigenvalue weighted by molar-refractivity contribution is 5.59. The number of ether oxygens (including phenoxy) is 2. The first-order valence-corrected chi connectivity index (χ1v) is 7.90. The van der Waals surface area contributed by atoms with Crippen molar-refractivity contribution in [3.63, 3.8) is 0 Å². The van der Waals surface area contributed by atoms with Gasteiger partial charge in [0.25, 0.3) is 0 Å². The van der Waals surface area contributed by atoms with Gasteiger partial charge in [0, 0.05) is 38.3 Å². The monoisotopic (exact) mass is 322 g/mol. The van der Waals surface area contributed by atoms with E-state index >= 15 is 0 Å². The summed E-state index contributed by atoms with van der Waals surface area (Å²) in [5.74, 6) is -0.311. The molecule has 0 radical (unpaired) electrons. The molecule has 0 amide bonds. The Labute approximate surface area is 131 Å². The van der Waals surface area contributed by atoms with Crippen molar-refractivity contribution < 1.29 is 34.7 Å². The quantitative estimate of drug-likeness (QED) is 0.274. The molecule has 0 aromatic heterocycles.